The Morgan fingerprint density at radius 2 is 1.73 bits per heavy atom. The third-order valence-electron chi connectivity index (χ3n) is 4.62. The quantitative estimate of drug-likeness (QED) is 0.380. The van der Waals surface area contributed by atoms with Crippen molar-refractivity contribution in [3.8, 4) is 0 Å². The van der Waals surface area contributed by atoms with E-state index < -0.39 is 0 Å². The molecular weight excluding hydrogens is 397 g/mol. The van der Waals surface area contributed by atoms with Gasteiger partial charge in [-0.3, -0.25) is 13.9 Å². The van der Waals surface area contributed by atoms with Crippen molar-refractivity contribution in [3.05, 3.63) is 27.2 Å². The molecule has 0 aliphatic rings. The van der Waals surface area contributed by atoms with Crippen LogP contribution in [0.15, 0.2) is 15.9 Å². The zero-order valence-corrected chi connectivity index (χ0v) is 16.0. The van der Waals surface area contributed by atoms with Gasteiger partial charge in [-0.2, -0.15) is 0 Å². The summed E-state index contributed by atoms with van der Waals surface area (Å²) < 4.78 is 5.35. The lowest BCUT2D eigenvalue weighted by molar-refractivity contribution is -0.906. The maximum absolute atomic E-state index is 12.3. The summed E-state index contributed by atoms with van der Waals surface area (Å²) >= 11 is 0. The first kappa shape index (κ1) is 18.9. The van der Waals surface area contributed by atoms with E-state index in [1.807, 2.05) is 4.57 Å². The first-order valence-electron chi connectivity index (χ1n) is 7.29. The number of hydrogen-bond acceptors (Lipinski definition) is 3. The molecule has 0 aromatic carbocycles. The van der Waals surface area contributed by atoms with Gasteiger partial charge in [0.05, 0.1) is 39.6 Å². The summed E-state index contributed by atoms with van der Waals surface area (Å²) in [6, 6.07) is 0. The first-order valence-corrected chi connectivity index (χ1v) is 7.29. The summed E-state index contributed by atoms with van der Waals surface area (Å²) in [6.45, 7) is 8.04. The third kappa shape index (κ3) is 3.12. The zero-order chi connectivity index (χ0) is 15.8. The molecule has 0 spiro atoms. The number of likely N-dealkylation sites (N-methyl/N-ethyl adjacent to an activating group) is 1. The number of quaternary nitrogens is 1. The van der Waals surface area contributed by atoms with Crippen LogP contribution in [0.1, 0.15) is 13.8 Å². The van der Waals surface area contributed by atoms with Gasteiger partial charge in [0.15, 0.2) is 11.2 Å². The van der Waals surface area contributed by atoms with Crippen LogP contribution in [0, 0.1) is 0 Å². The molecule has 0 bridgehead atoms. The molecule has 2 rings (SSSR count). The van der Waals surface area contributed by atoms with Gasteiger partial charge in [-0.05, 0) is 13.8 Å². The second-order valence-corrected chi connectivity index (χ2v) is 5.79. The highest BCUT2D eigenvalue weighted by Gasteiger charge is 2.19. The number of aryl methyl sites for hydroxylation is 1. The maximum atomic E-state index is 12.3. The summed E-state index contributed by atoms with van der Waals surface area (Å²) in [5, 5.41) is 0. The van der Waals surface area contributed by atoms with E-state index in [2.05, 4.69) is 25.9 Å². The van der Waals surface area contributed by atoms with Gasteiger partial charge in [-0.15, -0.1) is 0 Å². The maximum Gasteiger partial charge on any atom is 0.332 e. The molecule has 2 aromatic rings. The Morgan fingerprint density at radius 3 is 2.27 bits per heavy atom. The monoisotopic (exact) mass is 421 g/mol. The minimum Gasteiger partial charge on any atom is -1.00 e. The van der Waals surface area contributed by atoms with Crippen LogP contribution in [0.4, 0.5) is 0 Å². The van der Waals surface area contributed by atoms with Gasteiger partial charge in [0.25, 0.3) is 5.56 Å². The largest absolute Gasteiger partial charge is 1.00 e. The van der Waals surface area contributed by atoms with Gasteiger partial charge in [0, 0.05) is 14.1 Å². The van der Waals surface area contributed by atoms with Crippen LogP contribution in [0.3, 0.4) is 0 Å². The van der Waals surface area contributed by atoms with E-state index in [1.54, 1.807) is 13.4 Å². The molecule has 2 aromatic heterocycles. The highest BCUT2D eigenvalue weighted by Crippen LogP contribution is 2.08. The van der Waals surface area contributed by atoms with E-state index >= 15 is 0 Å². The molecule has 7 nitrogen and oxygen atoms in total. The molecule has 0 N–H and O–H groups in total. The second-order valence-electron chi connectivity index (χ2n) is 5.79. The Bertz CT molecular complexity index is 770. The summed E-state index contributed by atoms with van der Waals surface area (Å²) in [5.74, 6) is 0. The number of fused-ring (bicyclic) bond motifs is 1. The smallest absolute Gasteiger partial charge is 0.332 e. The van der Waals surface area contributed by atoms with Crippen LogP contribution >= 0.6 is 0 Å². The second kappa shape index (κ2) is 6.95. The van der Waals surface area contributed by atoms with Crippen LogP contribution in [0.5, 0.6) is 0 Å². The normalized spacial score (nSPS) is 11.7. The van der Waals surface area contributed by atoms with Gasteiger partial charge in [0.1, 0.15) is 0 Å². The number of imidazole rings is 1. The number of nitrogens with zero attached hydrogens (tertiary/aromatic N) is 5. The molecule has 0 saturated heterocycles. The predicted molar refractivity (Wildman–Crippen MR) is 82.3 cm³/mol. The van der Waals surface area contributed by atoms with E-state index in [9.17, 15) is 9.59 Å². The van der Waals surface area contributed by atoms with Gasteiger partial charge in [-0.25, -0.2) is 9.78 Å². The highest BCUT2D eigenvalue weighted by atomic mass is 127. The number of halogens is 1. The van der Waals surface area contributed by atoms with Crippen molar-refractivity contribution < 1.29 is 28.5 Å². The van der Waals surface area contributed by atoms with E-state index in [4.69, 9.17) is 0 Å². The van der Waals surface area contributed by atoms with Crippen molar-refractivity contribution in [2.45, 2.75) is 20.4 Å². The Labute approximate surface area is 146 Å². The Balaban J connectivity index is 0.00000242. The average Bonchev–Trinajstić information content (AvgIpc) is 2.92. The zero-order valence-electron chi connectivity index (χ0n) is 13.8. The van der Waals surface area contributed by atoms with E-state index in [0.717, 1.165) is 28.7 Å². The molecule has 0 radical (unpaired) electrons. The Morgan fingerprint density at radius 1 is 1.14 bits per heavy atom. The standard InChI is InChI=1S/C14H24N5O2.HI/c1-6-19(5,7-2)9-8-18-10-15-12-11(18)13(20)17(4)14(21)16(12)3;/h10H,6-9H2,1-5H3;1H/q+1;/p-1. The molecule has 124 valence electrons. The first-order chi connectivity index (χ1) is 9.84. The number of rotatable bonds is 5. The predicted octanol–water partition coefficient (Wildman–Crippen LogP) is -3.08. The van der Waals surface area contributed by atoms with Crippen molar-refractivity contribution >= 4 is 11.2 Å². The lowest BCUT2D eigenvalue weighted by Gasteiger charge is -2.32. The molecular formula is C14H24IN5O2. The fourth-order valence-electron chi connectivity index (χ4n) is 2.46. The van der Waals surface area contributed by atoms with Crippen molar-refractivity contribution in [1.82, 2.24) is 18.7 Å². The average molecular weight is 421 g/mol. The molecule has 0 aliphatic carbocycles. The fourth-order valence-corrected chi connectivity index (χ4v) is 2.46. The molecule has 0 aliphatic heterocycles. The molecule has 8 heteroatoms. The lowest BCUT2D eigenvalue weighted by Crippen LogP contribution is -3.00. The summed E-state index contributed by atoms with van der Waals surface area (Å²) in [6.07, 6.45) is 1.65. The highest BCUT2D eigenvalue weighted by molar-refractivity contribution is 5.69. The van der Waals surface area contributed by atoms with Gasteiger partial charge < -0.3 is 33.0 Å². The van der Waals surface area contributed by atoms with Crippen LogP contribution in [0.25, 0.3) is 11.2 Å². The SMILES string of the molecule is CC[N+](C)(CC)CCn1cnc2c1c(=O)n(C)c(=O)n2C.[I-]. The van der Waals surface area contributed by atoms with Gasteiger partial charge in [0.2, 0.25) is 0 Å². The van der Waals surface area contributed by atoms with E-state index in [-0.39, 0.29) is 35.2 Å². The fraction of sp³-hybridized carbons (Fsp3) is 0.643. The summed E-state index contributed by atoms with van der Waals surface area (Å²) in [4.78, 5) is 28.5. The molecule has 0 atom stereocenters. The molecule has 0 amide bonds. The molecule has 22 heavy (non-hydrogen) atoms. The lowest BCUT2D eigenvalue weighted by atomic mass is 10.3. The van der Waals surface area contributed by atoms with E-state index in [0.29, 0.717) is 17.7 Å². The summed E-state index contributed by atoms with van der Waals surface area (Å²) in [7, 11) is 5.34. The number of hydrogen-bond donors (Lipinski definition) is 0. The van der Waals surface area contributed by atoms with Crippen LogP contribution in [-0.2, 0) is 20.6 Å². The third-order valence-corrected chi connectivity index (χ3v) is 4.62. The topological polar surface area (TPSA) is 61.8 Å². The summed E-state index contributed by atoms with van der Waals surface area (Å²) in [5.41, 5.74) is 0.317. The minimum absolute atomic E-state index is 0. The van der Waals surface area contributed by atoms with Crippen LogP contribution < -0.4 is 35.2 Å². The van der Waals surface area contributed by atoms with Gasteiger partial charge >= 0.3 is 5.69 Å². The van der Waals surface area contributed by atoms with Crippen molar-refractivity contribution in [2.75, 3.05) is 26.7 Å². The number of aromatic nitrogens is 4. The van der Waals surface area contributed by atoms with Gasteiger partial charge in [-0.1, -0.05) is 0 Å². The molecule has 0 fully saturated rings. The van der Waals surface area contributed by atoms with Crippen molar-refractivity contribution in [1.29, 1.82) is 0 Å². The molecule has 0 saturated carbocycles. The van der Waals surface area contributed by atoms with Crippen LogP contribution in [-0.4, -0.2) is 49.9 Å². The minimum atomic E-state index is -0.347. The van der Waals surface area contributed by atoms with Crippen molar-refractivity contribution in [2.24, 2.45) is 14.1 Å². The Kier molecular flexibility index (Phi) is 5.96. The van der Waals surface area contributed by atoms with Crippen molar-refractivity contribution in [3.63, 3.8) is 0 Å². The Hall–Kier alpha value is -1.16. The molecule has 0 unspecified atom stereocenters. The molecule has 2 heterocycles. The van der Waals surface area contributed by atoms with E-state index in [1.165, 1.54) is 11.6 Å². The van der Waals surface area contributed by atoms with Crippen LogP contribution in [0.2, 0.25) is 0 Å².